The Morgan fingerprint density at radius 3 is 2.72 bits per heavy atom. The van der Waals surface area contributed by atoms with Crippen LogP contribution in [0.4, 0.5) is 0 Å². The molecule has 29 heavy (non-hydrogen) atoms. The molecule has 2 N–H and O–H groups in total. The summed E-state index contributed by atoms with van der Waals surface area (Å²) in [5.41, 5.74) is 1.35. The van der Waals surface area contributed by atoms with Crippen LogP contribution in [0.3, 0.4) is 0 Å². The molecule has 1 saturated heterocycles. The van der Waals surface area contributed by atoms with Gasteiger partial charge in [-0.3, -0.25) is 4.99 Å². The van der Waals surface area contributed by atoms with Crippen LogP contribution in [0.15, 0.2) is 35.3 Å². The standard InChI is InChI=1S/C22H38N4O2.HI/c1-4-23-22(24-13-9-14-27-18-21-12-8-15-28-21)25-17-20(26(2)3)16-19-10-6-5-7-11-19;/h5-7,10-11,20-21H,4,8-9,12-18H2,1-3H3,(H2,23,24,25);1H. The smallest absolute Gasteiger partial charge is 0.191 e. The summed E-state index contributed by atoms with van der Waals surface area (Å²) in [6.07, 6.45) is 4.55. The molecule has 0 amide bonds. The normalized spacial score (nSPS) is 17.8. The molecule has 1 aromatic rings. The highest BCUT2D eigenvalue weighted by Gasteiger charge is 2.15. The fourth-order valence-corrected chi connectivity index (χ4v) is 3.21. The average Bonchev–Trinajstić information content (AvgIpc) is 3.21. The SMILES string of the molecule is CCNC(=NCC(Cc1ccccc1)N(C)C)NCCCOCC1CCCO1.I. The number of ether oxygens (including phenoxy) is 2. The molecular formula is C22H39IN4O2. The molecule has 6 nitrogen and oxygen atoms in total. The topological polar surface area (TPSA) is 58.1 Å². The first kappa shape index (κ1) is 26.1. The van der Waals surface area contributed by atoms with Gasteiger partial charge >= 0.3 is 0 Å². The maximum atomic E-state index is 5.72. The lowest BCUT2D eigenvalue weighted by Gasteiger charge is -2.23. The molecule has 2 atom stereocenters. The van der Waals surface area contributed by atoms with Gasteiger partial charge in [-0.25, -0.2) is 0 Å². The summed E-state index contributed by atoms with van der Waals surface area (Å²) in [6.45, 7) is 6.91. The van der Waals surface area contributed by atoms with Crippen LogP contribution in [0.1, 0.15) is 31.7 Å². The Balaban J connectivity index is 0.00000420. The Morgan fingerprint density at radius 1 is 1.28 bits per heavy atom. The third kappa shape index (κ3) is 11.2. The molecule has 1 heterocycles. The molecule has 1 fully saturated rings. The average molecular weight is 518 g/mol. The first-order valence-corrected chi connectivity index (χ1v) is 10.6. The highest BCUT2D eigenvalue weighted by Crippen LogP contribution is 2.11. The maximum absolute atomic E-state index is 5.72. The van der Waals surface area contributed by atoms with Crippen molar-refractivity contribution in [2.45, 2.75) is 44.8 Å². The highest BCUT2D eigenvalue weighted by atomic mass is 127. The van der Waals surface area contributed by atoms with Gasteiger partial charge in [0.1, 0.15) is 0 Å². The van der Waals surface area contributed by atoms with Gasteiger partial charge in [-0.1, -0.05) is 30.3 Å². The number of halogens is 1. The van der Waals surface area contributed by atoms with E-state index < -0.39 is 0 Å². The molecule has 166 valence electrons. The maximum Gasteiger partial charge on any atom is 0.191 e. The molecule has 0 radical (unpaired) electrons. The quantitative estimate of drug-likeness (QED) is 0.193. The molecule has 1 aliphatic rings. The van der Waals surface area contributed by atoms with Crippen molar-refractivity contribution in [1.29, 1.82) is 0 Å². The molecule has 0 aliphatic carbocycles. The van der Waals surface area contributed by atoms with Crippen LogP contribution >= 0.6 is 24.0 Å². The van der Waals surface area contributed by atoms with E-state index in [0.717, 1.165) is 71.1 Å². The molecule has 0 bridgehead atoms. The number of likely N-dealkylation sites (N-methyl/N-ethyl adjacent to an activating group) is 1. The van der Waals surface area contributed by atoms with Crippen LogP contribution in [0.5, 0.6) is 0 Å². The van der Waals surface area contributed by atoms with Crippen LogP contribution in [0, 0.1) is 0 Å². The highest BCUT2D eigenvalue weighted by molar-refractivity contribution is 14.0. The summed E-state index contributed by atoms with van der Waals surface area (Å²) in [7, 11) is 4.24. The van der Waals surface area contributed by atoms with E-state index in [4.69, 9.17) is 14.5 Å². The number of aliphatic imine (C=N–C) groups is 1. The van der Waals surface area contributed by atoms with E-state index in [0.29, 0.717) is 12.1 Å². The predicted molar refractivity (Wildman–Crippen MR) is 131 cm³/mol. The minimum absolute atomic E-state index is 0. The third-order valence-electron chi connectivity index (χ3n) is 4.93. The van der Waals surface area contributed by atoms with E-state index in [-0.39, 0.29) is 24.0 Å². The lowest BCUT2D eigenvalue weighted by molar-refractivity contribution is 0.0168. The van der Waals surface area contributed by atoms with Gasteiger partial charge in [0.05, 0.1) is 19.3 Å². The van der Waals surface area contributed by atoms with Crippen molar-refractivity contribution in [1.82, 2.24) is 15.5 Å². The van der Waals surface area contributed by atoms with Crippen molar-refractivity contribution in [2.75, 3.05) is 53.6 Å². The summed E-state index contributed by atoms with van der Waals surface area (Å²) in [5, 5.41) is 6.75. The van der Waals surface area contributed by atoms with E-state index >= 15 is 0 Å². The first-order valence-electron chi connectivity index (χ1n) is 10.6. The lowest BCUT2D eigenvalue weighted by Crippen LogP contribution is -2.40. The van der Waals surface area contributed by atoms with Crippen LogP contribution in [-0.4, -0.2) is 76.6 Å². The van der Waals surface area contributed by atoms with Crippen LogP contribution in [-0.2, 0) is 15.9 Å². The van der Waals surface area contributed by atoms with E-state index in [9.17, 15) is 0 Å². The van der Waals surface area contributed by atoms with E-state index in [1.807, 2.05) is 0 Å². The van der Waals surface area contributed by atoms with Gasteiger partial charge in [0, 0.05) is 32.3 Å². The Bertz CT molecular complexity index is 551. The number of hydrogen-bond donors (Lipinski definition) is 2. The van der Waals surface area contributed by atoms with Crippen LogP contribution in [0.25, 0.3) is 0 Å². The van der Waals surface area contributed by atoms with Crippen molar-refractivity contribution in [3.63, 3.8) is 0 Å². The van der Waals surface area contributed by atoms with Crippen molar-refractivity contribution in [2.24, 2.45) is 4.99 Å². The van der Waals surface area contributed by atoms with Gasteiger partial charge < -0.3 is 25.0 Å². The lowest BCUT2D eigenvalue weighted by atomic mass is 10.1. The molecule has 7 heteroatoms. The Labute approximate surface area is 193 Å². The monoisotopic (exact) mass is 518 g/mol. The summed E-state index contributed by atoms with van der Waals surface area (Å²) >= 11 is 0. The van der Waals surface area contributed by atoms with Gasteiger partial charge in [-0.2, -0.15) is 0 Å². The zero-order chi connectivity index (χ0) is 20.0. The first-order chi connectivity index (χ1) is 13.7. The second kappa shape index (κ2) is 15.9. The number of nitrogens with zero attached hydrogens (tertiary/aromatic N) is 2. The fourth-order valence-electron chi connectivity index (χ4n) is 3.21. The third-order valence-corrected chi connectivity index (χ3v) is 4.93. The second-order valence-corrected chi connectivity index (χ2v) is 7.52. The van der Waals surface area contributed by atoms with Gasteiger partial charge in [0.25, 0.3) is 0 Å². The van der Waals surface area contributed by atoms with Crippen molar-refractivity contribution in [3.05, 3.63) is 35.9 Å². The van der Waals surface area contributed by atoms with Crippen LogP contribution < -0.4 is 10.6 Å². The number of hydrogen-bond acceptors (Lipinski definition) is 4. The summed E-state index contributed by atoms with van der Waals surface area (Å²) in [4.78, 5) is 7.05. The van der Waals surface area contributed by atoms with Crippen molar-refractivity contribution < 1.29 is 9.47 Å². The molecule has 0 aromatic heterocycles. The van der Waals surface area contributed by atoms with Gasteiger partial charge in [-0.05, 0) is 52.3 Å². The number of rotatable bonds is 12. The summed E-state index contributed by atoms with van der Waals surface area (Å²) in [5.74, 6) is 0.876. The summed E-state index contributed by atoms with van der Waals surface area (Å²) in [6, 6.07) is 11.0. The Kier molecular flexibility index (Phi) is 14.3. The molecule has 1 aliphatic heterocycles. The van der Waals surface area contributed by atoms with E-state index in [1.165, 1.54) is 5.56 Å². The molecule has 2 unspecified atom stereocenters. The molecule has 0 spiro atoms. The Hall–Kier alpha value is -0.900. The minimum atomic E-state index is 0. The molecule has 2 rings (SSSR count). The molecule has 1 aromatic carbocycles. The van der Waals surface area contributed by atoms with Gasteiger partial charge in [0.2, 0.25) is 0 Å². The van der Waals surface area contributed by atoms with Crippen molar-refractivity contribution in [3.8, 4) is 0 Å². The largest absolute Gasteiger partial charge is 0.379 e. The number of benzene rings is 1. The molecular weight excluding hydrogens is 479 g/mol. The zero-order valence-electron chi connectivity index (χ0n) is 18.2. The zero-order valence-corrected chi connectivity index (χ0v) is 20.6. The molecule has 0 saturated carbocycles. The van der Waals surface area contributed by atoms with E-state index in [1.54, 1.807) is 0 Å². The van der Waals surface area contributed by atoms with Gasteiger partial charge in [0.15, 0.2) is 5.96 Å². The number of nitrogens with one attached hydrogen (secondary N) is 2. The Morgan fingerprint density at radius 2 is 2.07 bits per heavy atom. The predicted octanol–water partition coefficient (Wildman–Crippen LogP) is 2.92. The van der Waals surface area contributed by atoms with Gasteiger partial charge in [-0.15, -0.1) is 24.0 Å². The number of guanidine groups is 1. The van der Waals surface area contributed by atoms with Crippen molar-refractivity contribution >= 4 is 29.9 Å². The van der Waals surface area contributed by atoms with Crippen LogP contribution in [0.2, 0.25) is 0 Å². The fraction of sp³-hybridized carbons (Fsp3) is 0.682. The second-order valence-electron chi connectivity index (χ2n) is 7.52. The minimum Gasteiger partial charge on any atom is -0.379 e. The summed E-state index contributed by atoms with van der Waals surface area (Å²) < 4.78 is 11.3. The van der Waals surface area contributed by atoms with E-state index in [2.05, 4.69) is 66.9 Å².